The SMILES string of the molecule is COc1cc(NC(=O)C(C)N2Cc3ccccc3C2=O)cc(OC)c1OC. The lowest BCUT2D eigenvalue weighted by Gasteiger charge is -2.23. The van der Waals surface area contributed by atoms with Gasteiger partial charge in [-0.1, -0.05) is 18.2 Å². The zero-order valence-corrected chi connectivity index (χ0v) is 15.7. The highest BCUT2D eigenvalue weighted by Crippen LogP contribution is 2.40. The van der Waals surface area contributed by atoms with E-state index >= 15 is 0 Å². The van der Waals surface area contributed by atoms with Crippen molar-refractivity contribution in [3.05, 3.63) is 47.5 Å². The Bertz CT molecular complexity index is 855. The molecule has 2 aromatic carbocycles. The zero-order chi connectivity index (χ0) is 19.6. The average molecular weight is 370 g/mol. The molecule has 0 aliphatic carbocycles. The molecule has 2 aromatic rings. The van der Waals surface area contributed by atoms with E-state index in [4.69, 9.17) is 14.2 Å². The van der Waals surface area contributed by atoms with Crippen molar-refractivity contribution in [2.24, 2.45) is 0 Å². The smallest absolute Gasteiger partial charge is 0.255 e. The molecule has 1 heterocycles. The lowest BCUT2D eigenvalue weighted by Crippen LogP contribution is -2.42. The van der Waals surface area contributed by atoms with Gasteiger partial charge in [-0.05, 0) is 18.6 Å². The molecule has 1 atom stereocenters. The van der Waals surface area contributed by atoms with Gasteiger partial charge in [-0.25, -0.2) is 0 Å². The summed E-state index contributed by atoms with van der Waals surface area (Å²) in [6.07, 6.45) is 0. The van der Waals surface area contributed by atoms with Crippen LogP contribution in [-0.4, -0.2) is 44.1 Å². The molecule has 7 heteroatoms. The third-order valence-electron chi connectivity index (χ3n) is 4.63. The number of hydrogen-bond acceptors (Lipinski definition) is 5. The molecular weight excluding hydrogens is 348 g/mol. The first-order valence-electron chi connectivity index (χ1n) is 8.50. The quantitative estimate of drug-likeness (QED) is 0.846. The number of rotatable bonds is 6. The maximum absolute atomic E-state index is 12.7. The molecule has 1 N–H and O–H groups in total. The Morgan fingerprint density at radius 2 is 1.70 bits per heavy atom. The second kappa shape index (κ2) is 7.57. The van der Waals surface area contributed by atoms with Gasteiger partial charge in [0, 0.05) is 29.9 Å². The number of amides is 2. The molecule has 0 radical (unpaired) electrons. The van der Waals surface area contributed by atoms with Gasteiger partial charge in [-0.3, -0.25) is 9.59 Å². The van der Waals surface area contributed by atoms with Gasteiger partial charge in [0.05, 0.1) is 21.3 Å². The molecule has 0 bridgehead atoms. The Kier molecular flexibility index (Phi) is 5.21. The predicted octanol–water partition coefficient (Wildman–Crippen LogP) is 2.70. The van der Waals surface area contributed by atoms with Crippen LogP contribution in [0.4, 0.5) is 5.69 Å². The van der Waals surface area contributed by atoms with Crippen molar-refractivity contribution >= 4 is 17.5 Å². The third-order valence-corrected chi connectivity index (χ3v) is 4.63. The van der Waals surface area contributed by atoms with Crippen molar-refractivity contribution in [1.29, 1.82) is 0 Å². The van der Waals surface area contributed by atoms with Gasteiger partial charge < -0.3 is 24.4 Å². The van der Waals surface area contributed by atoms with Crippen molar-refractivity contribution in [3.8, 4) is 17.2 Å². The van der Waals surface area contributed by atoms with Crippen LogP contribution in [0.15, 0.2) is 36.4 Å². The first-order valence-corrected chi connectivity index (χ1v) is 8.50. The lowest BCUT2D eigenvalue weighted by molar-refractivity contribution is -0.120. The van der Waals surface area contributed by atoms with E-state index < -0.39 is 6.04 Å². The Morgan fingerprint density at radius 1 is 1.07 bits per heavy atom. The molecule has 0 aromatic heterocycles. The fourth-order valence-corrected chi connectivity index (χ4v) is 3.13. The lowest BCUT2D eigenvalue weighted by atomic mass is 10.1. The summed E-state index contributed by atoms with van der Waals surface area (Å²) in [5, 5.41) is 2.82. The van der Waals surface area contributed by atoms with E-state index in [9.17, 15) is 9.59 Å². The minimum atomic E-state index is -0.635. The number of ether oxygens (including phenoxy) is 3. The van der Waals surface area contributed by atoms with E-state index in [1.165, 1.54) is 21.3 Å². The number of methoxy groups -OCH3 is 3. The van der Waals surface area contributed by atoms with Crippen LogP contribution in [0, 0.1) is 0 Å². The first kappa shape index (κ1) is 18.6. The molecule has 7 nitrogen and oxygen atoms in total. The van der Waals surface area contributed by atoms with Crippen LogP contribution >= 0.6 is 0 Å². The number of carbonyl (C=O) groups excluding carboxylic acids is 2. The molecule has 27 heavy (non-hydrogen) atoms. The van der Waals surface area contributed by atoms with Crippen LogP contribution in [0.2, 0.25) is 0 Å². The normalized spacial score (nSPS) is 13.8. The van der Waals surface area contributed by atoms with E-state index in [2.05, 4.69) is 5.32 Å². The van der Waals surface area contributed by atoms with Crippen molar-refractivity contribution in [2.75, 3.05) is 26.6 Å². The summed E-state index contributed by atoms with van der Waals surface area (Å²) < 4.78 is 15.9. The summed E-state index contributed by atoms with van der Waals surface area (Å²) in [4.78, 5) is 26.9. The van der Waals surface area contributed by atoms with Crippen molar-refractivity contribution in [3.63, 3.8) is 0 Å². The Labute approximate surface area is 157 Å². The van der Waals surface area contributed by atoms with E-state index in [-0.39, 0.29) is 11.8 Å². The van der Waals surface area contributed by atoms with Crippen molar-refractivity contribution < 1.29 is 23.8 Å². The van der Waals surface area contributed by atoms with E-state index in [0.29, 0.717) is 35.0 Å². The largest absolute Gasteiger partial charge is 0.493 e. The Balaban J connectivity index is 1.79. The minimum Gasteiger partial charge on any atom is -0.493 e. The summed E-state index contributed by atoms with van der Waals surface area (Å²) in [6, 6.07) is 10.0. The molecule has 0 spiro atoms. The topological polar surface area (TPSA) is 77.1 Å². The van der Waals surface area contributed by atoms with Crippen LogP contribution in [0.1, 0.15) is 22.8 Å². The summed E-state index contributed by atoms with van der Waals surface area (Å²) in [5.41, 5.74) is 2.06. The molecule has 0 saturated heterocycles. The highest BCUT2D eigenvalue weighted by molar-refractivity contribution is 6.03. The fraction of sp³-hybridized carbons (Fsp3) is 0.300. The molecule has 0 fully saturated rings. The maximum atomic E-state index is 12.7. The first-order chi connectivity index (χ1) is 13.0. The van der Waals surface area contributed by atoms with E-state index in [1.54, 1.807) is 30.0 Å². The van der Waals surface area contributed by atoms with Crippen LogP contribution in [-0.2, 0) is 11.3 Å². The van der Waals surface area contributed by atoms with Crippen LogP contribution in [0.5, 0.6) is 17.2 Å². The molecular formula is C20H22N2O5. The molecule has 0 saturated carbocycles. The number of nitrogens with zero attached hydrogens (tertiary/aromatic N) is 1. The third kappa shape index (κ3) is 3.40. The van der Waals surface area contributed by atoms with Gasteiger partial charge in [-0.2, -0.15) is 0 Å². The van der Waals surface area contributed by atoms with Crippen molar-refractivity contribution in [2.45, 2.75) is 19.5 Å². The highest BCUT2D eigenvalue weighted by atomic mass is 16.5. The number of hydrogen-bond donors (Lipinski definition) is 1. The molecule has 1 aliphatic rings. The minimum absolute atomic E-state index is 0.141. The van der Waals surface area contributed by atoms with Gasteiger partial charge in [0.2, 0.25) is 11.7 Å². The average Bonchev–Trinajstić information content (AvgIpc) is 3.03. The Hall–Kier alpha value is -3.22. The number of carbonyl (C=O) groups is 2. The summed E-state index contributed by atoms with van der Waals surface area (Å²) in [7, 11) is 4.52. The molecule has 1 aliphatic heterocycles. The monoisotopic (exact) mass is 370 g/mol. The summed E-state index contributed by atoms with van der Waals surface area (Å²) in [5.74, 6) is 0.869. The van der Waals surface area contributed by atoms with E-state index in [0.717, 1.165) is 5.56 Å². The fourth-order valence-electron chi connectivity index (χ4n) is 3.13. The molecule has 3 rings (SSSR count). The second-order valence-corrected chi connectivity index (χ2v) is 6.17. The van der Waals surface area contributed by atoms with Gasteiger partial charge >= 0.3 is 0 Å². The number of benzene rings is 2. The standard InChI is InChI=1S/C20H22N2O5/c1-12(22-11-13-7-5-6-8-15(13)20(22)24)19(23)21-14-9-16(25-2)18(27-4)17(10-14)26-3/h5-10,12H,11H2,1-4H3,(H,21,23). The van der Waals surface area contributed by atoms with Crippen LogP contribution in [0.3, 0.4) is 0 Å². The number of nitrogens with one attached hydrogen (secondary N) is 1. The molecule has 142 valence electrons. The van der Waals surface area contributed by atoms with Gasteiger partial charge in [0.15, 0.2) is 11.5 Å². The second-order valence-electron chi connectivity index (χ2n) is 6.17. The van der Waals surface area contributed by atoms with Crippen LogP contribution in [0.25, 0.3) is 0 Å². The number of fused-ring (bicyclic) bond motifs is 1. The zero-order valence-electron chi connectivity index (χ0n) is 15.7. The van der Waals surface area contributed by atoms with Gasteiger partial charge in [-0.15, -0.1) is 0 Å². The van der Waals surface area contributed by atoms with Gasteiger partial charge in [0.25, 0.3) is 5.91 Å². The summed E-state index contributed by atoms with van der Waals surface area (Å²) in [6.45, 7) is 2.12. The Morgan fingerprint density at radius 3 is 2.26 bits per heavy atom. The maximum Gasteiger partial charge on any atom is 0.255 e. The highest BCUT2D eigenvalue weighted by Gasteiger charge is 2.33. The summed E-state index contributed by atoms with van der Waals surface area (Å²) >= 11 is 0. The molecule has 1 unspecified atom stereocenters. The number of anilines is 1. The predicted molar refractivity (Wildman–Crippen MR) is 101 cm³/mol. The molecule has 2 amide bonds. The van der Waals surface area contributed by atoms with Crippen molar-refractivity contribution in [1.82, 2.24) is 4.90 Å². The van der Waals surface area contributed by atoms with Crippen LogP contribution < -0.4 is 19.5 Å². The van der Waals surface area contributed by atoms with E-state index in [1.807, 2.05) is 18.2 Å². The van der Waals surface area contributed by atoms with Gasteiger partial charge in [0.1, 0.15) is 6.04 Å².